The van der Waals surface area contributed by atoms with Crippen molar-refractivity contribution in [3.8, 4) is 5.75 Å². The van der Waals surface area contributed by atoms with Crippen molar-refractivity contribution in [3.05, 3.63) is 76.5 Å². The summed E-state index contributed by atoms with van der Waals surface area (Å²) in [6.45, 7) is 4.10. The smallest absolute Gasteiger partial charge is 0.321 e. The third-order valence-corrected chi connectivity index (χ3v) is 5.72. The summed E-state index contributed by atoms with van der Waals surface area (Å²) in [6, 6.07) is 15.4. The summed E-state index contributed by atoms with van der Waals surface area (Å²) in [5.41, 5.74) is 1.81. The van der Waals surface area contributed by atoms with Gasteiger partial charge < -0.3 is 15.0 Å². The number of ether oxygens (including phenoxy) is 1. The maximum Gasteiger partial charge on any atom is 0.321 e. The molecule has 156 valence electrons. The molecule has 1 aliphatic rings. The SMILES string of the molecule is O=C(Nc1ccccc1)N1CCN(Cc2csc(COc3ccc(F)cc3)n2)CC1. The van der Waals surface area contributed by atoms with Gasteiger partial charge in [0.25, 0.3) is 0 Å². The second kappa shape index (κ2) is 9.69. The highest BCUT2D eigenvalue weighted by Crippen LogP contribution is 2.17. The molecule has 6 nitrogen and oxygen atoms in total. The number of anilines is 1. The summed E-state index contributed by atoms with van der Waals surface area (Å²) in [5, 5.41) is 5.86. The number of halogens is 1. The number of para-hydroxylation sites is 1. The monoisotopic (exact) mass is 426 g/mol. The lowest BCUT2D eigenvalue weighted by Crippen LogP contribution is -2.49. The number of hydrogen-bond acceptors (Lipinski definition) is 5. The van der Waals surface area contributed by atoms with E-state index in [2.05, 4.69) is 15.2 Å². The molecule has 1 aliphatic heterocycles. The maximum atomic E-state index is 12.9. The molecule has 1 saturated heterocycles. The van der Waals surface area contributed by atoms with Gasteiger partial charge in [-0.1, -0.05) is 18.2 Å². The number of thiazole rings is 1. The van der Waals surface area contributed by atoms with Gasteiger partial charge >= 0.3 is 6.03 Å². The van der Waals surface area contributed by atoms with E-state index in [1.54, 1.807) is 23.5 Å². The van der Waals surface area contributed by atoms with Crippen LogP contribution < -0.4 is 10.1 Å². The van der Waals surface area contributed by atoms with Crippen molar-refractivity contribution >= 4 is 23.1 Å². The first-order chi connectivity index (χ1) is 14.7. The number of carbonyl (C=O) groups excluding carboxylic acids is 1. The molecule has 1 N–H and O–H groups in total. The van der Waals surface area contributed by atoms with Gasteiger partial charge in [0.15, 0.2) is 0 Å². The fourth-order valence-electron chi connectivity index (χ4n) is 3.23. The number of aromatic nitrogens is 1. The molecule has 0 radical (unpaired) electrons. The summed E-state index contributed by atoms with van der Waals surface area (Å²) >= 11 is 1.56. The van der Waals surface area contributed by atoms with Crippen LogP contribution in [-0.4, -0.2) is 47.0 Å². The zero-order valence-corrected chi connectivity index (χ0v) is 17.3. The highest BCUT2D eigenvalue weighted by atomic mass is 32.1. The number of nitrogens with zero attached hydrogens (tertiary/aromatic N) is 3. The fourth-order valence-corrected chi connectivity index (χ4v) is 3.92. The Morgan fingerprint density at radius 1 is 1.07 bits per heavy atom. The largest absolute Gasteiger partial charge is 0.486 e. The van der Waals surface area contributed by atoms with Crippen molar-refractivity contribution in [1.82, 2.24) is 14.8 Å². The molecular weight excluding hydrogens is 403 g/mol. The maximum absolute atomic E-state index is 12.9. The van der Waals surface area contributed by atoms with E-state index in [9.17, 15) is 9.18 Å². The summed E-state index contributed by atoms with van der Waals surface area (Å²) in [5.74, 6) is 0.342. The van der Waals surface area contributed by atoms with Gasteiger partial charge in [-0.25, -0.2) is 14.2 Å². The molecule has 3 aromatic rings. The van der Waals surface area contributed by atoms with Crippen LogP contribution >= 0.6 is 11.3 Å². The highest BCUT2D eigenvalue weighted by Gasteiger charge is 2.21. The summed E-state index contributed by atoms with van der Waals surface area (Å²) in [4.78, 5) is 21.2. The van der Waals surface area contributed by atoms with Gasteiger partial charge in [0.05, 0.1) is 5.69 Å². The molecule has 30 heavy (non-hydrogen) atoms. The van der Waals surface area contributed by atoms with Crippen LogP contribution in [0.5, 0.6) is 5.75 Å². The molecule has 1 fully saturated rings. The number of hydrogen-bond donors (Lipinski definition) is 1. The molecule has 2 amide bonds. The van der Waals surface area contributed by atoms with E-state index < -0.39 is 0 Å². The molecule has 0 atom stereocenters. The van der Waals surface area contributed by atoms with Gasteiger partial charge in [-0.2, -0.15) is 0 Å². The Bertz CT molecular complexity index is 957. The minimum absolute atomic E-state index is 0.0604. The van der Waals surface area contributed by atoms with Crippen molar-refractivity contribution in [3.63, 3.8) is 0 Å². The third-order valence-electron chi connectivity index (χ3n) is 4.85. The average Bonchev–Trinajstić information content (AvgIpc) is 3.22. The average molecular weight is 427 g/mol. The van der Waals surface area contributed by atoms with Crippen LogP contribution in [0.4, 0.5) is 14.9 Å². The first-order valence-electron chi connectivity index (χ1n) is 9.81. The number of piperazine rings is 1. The lowest BCUT2D eigenvalue weighted by molar-refractivity contribution is 0.142. The lowest BCUT2D eigenvalue weighted by Gasteiger charge is -2.34. The number of urea groups is 1. The van der Waals surface area contributed by atoms with Crippen molar-refractivity contribution in [2.45, 2.75) is 13.2 Å². The number of nitrogens with one attached hydrogen (secondary N) is 1. The van der Waals surface area contributed by atoms with Crippen LogP contribution in [0, 0.1) is 5.82 Å². The number of rotatable bonds is 6. The molecule has 8 heteroatoms. The van der Waals surface area contributed by atoms with Crippen LogP contribution in [-0.2, 0) is 13.2 Å². The molecule has 0 spiro atoms. The normalized spacial score (nSPS) is 14.5. The molecule has 0 bridgehead atoms. The molecule has 0 unspecified atom stereocenters. The Morgan fingerprint density at radius 3 is 2.53 bits per heavy atom. The van der Waals surface area contributed by atoms with E-state index in [-0.39, 0.29) is 11.8 Å². The highest BCUT2D eigenvalue weighted by molar-refractivity contribution is 7.09. The van der Waals surface area contributed by atoms with Crippen LogP contribution in [0.25, 0.3) is 0 Å². The Balaban J connectivity index is 1.21. The lowest BCUT2D eigenvalue weighted by atomic mass is 10.3. The first kappa shape index (κ1) is 20.3. The quantitative estimate of drug-likeness (QED) is 0.642. The van der Waals surface area contributed by atoms with Gasteiger partial charge in [0.1, 0.15) is 23.2 Å². The van der Waals surface area contributed by atoms with Crippen LogP contribution in [0.3, 0.4) is 0 Å². The standard InChI is InChI=1S/C22H23FN4O2S/c23-17-6-8-20(9-7-17)29-15-21-24-19(16-30-21)14-26-10-12-27(13-11-26)22(28)25-18-4-2-1-3-5-18/h1-9,16H,10-15H2,(H,25,28). The van der Waals surface area contributed by atoms with Crippen LogP contribution in [0.2, 0.25) is 0 Å². The second-order valence-corrected chi connectivity index (χ2v) is 7.98. The van der Waals surface area contributed by atoms with E-state index >= 15 is 0 Å². The summed E-state index contributed by atoms with van der Waals surface area (Å²) in [6.07, 6.45) is 0. The van der Waals surface area contributed by atoms with Crippen molar-refractivity contribution < 1.29 is 13.9 Å². The molecule has 1 aromatic heterocycles. The molecule has 0 aliphatic carbocycles. The van der Waals surface area contributed by atoms with Crippen LogP contribution in [0.1, 0.15) is 10.7 Å². The molecule has 4 rings (SSSR count). The van der Waals surface area contributed by atoms with Gasteiger partial charge in [-0.3, -0.25) is 4.90 Å². The van der Waals surface area contributed by atoms with Gasteiger partial charge in [0.2, 0.25) is 0 Å². The zero-order chi connectivity index (χ0) is 20.8. The topological polar surface area (TPSA) is 57.7 Å². The molecule has 2 aromatic carbocycles. The Kier molecular flexibility index (Phi) is 6.56. The summed E-state index contributed by atoms with van der Waals surface area (Å²) < 4.78 is 18.6. The minimum Gasteiger partial charge on any atom is -0.486 e. The van der Waals surface area contributed by atoms with Crippen molar-refractivity contribution in [2.24, 2.45) is 0 Å². The van der Waals surface area contributed by atoms with Gasteiger partial charge in [0, 0.05) is 43.8 Å². The van der Waals surface area contributed by atoms with E-state index in [4.69, 9.17) is 4.74 Å². The van der Waals surface area contributed by atoms with E-state index in [1.807, 2.05) is 40.6 Å². The number of carbonyl (C=O) groups is 1. The summed E-state index contributed by atoms with van der Waals surface area (Å²) in [7, 11) is 0. The number of benzene rings is 2. The first-order valence-corrected chi connectivity index (χ1v) is 10.7. The predicted molar refractivity (Wildman–Crippen MR) is 115 cm³/mol. The van der Waals surface area contributed by atoms with E-state index in [0.29, 0.717) is 25.4 Å². The van der Waals surface area contributed by atoms with Crippen molar-refractivity contribution in [1.29, 1.82) is 0 Å². The van der Waals surface area contributed by atoms with E-state index in [0.717, 1.165) is 36.0 Å². The number of amides is 2. The van der Waals surface area contributed by atoms with Gasteiger partial charge in [-0.15, -0.1) is 11.3 Å². The molecular formula is C22H23FN4O2S. The van der Waals surface area contributed by atoms with Crippen molar-refractivity contribution in [2.75, 3.05) is 31.5 Å². The second-order valence-electron chi connectivity index (χ2n) is 7.03. The minimum atomic E-state index is -0.281. The van der Waals surface area contributed by atoms with Gasteiger partial charge in [-0.05, 0) is 36.4 Å². The third kappa shape index (κ3) is 5.55. The molecule has 0 saturated carbocycles. The zero-order valence-electron chi connectivity index (χ0n) is 16.5. The van der Waals surface area contributed by atoms with Crippen LogP contribution in [0.15, 0.2) is 60.0 Å². The Labute approximate surface area is 178 Å². The fraction of sp³-hybridized carbons (Fsp3) is 0.273. The predicted octanol–water partition coefficient (Wildman–Crippen LogP) is 4.21. The Hall–Kier alpha value is -2.97. The molecule has 2 heterocycles. The Morgan fingerprint density at radius 2 is 1.80 bits per heavy atom. The van der Waals surface area contributed by atoms with E-state index in [1.165, 1.54) is 12.1 Å².